The molecule has 4 rings (SSSR count). The topological polar surface area (TPSA) is 207 Å². The van der Waals surface area contributed by atoms with Gasteiger partial charge in [-0.2, -0.15) is 5.10 Å². The number of halogens is 1. The normalized spacial score (nSPS) is 14.6. The predicted octanol–water partition coefficient (Wildman–Crippen LogP) is 3.88. The first-order chi connectivity index (χ1) is 19.9. The minimum absolute atomic E-state index is 0.250. The zero-order valence-corrected chi connectivity index (χ0v) is 24.1. The van der Waals surface area contributed by atoms with E-state index in [4.69, 9.17) is 33.8 Å². The number of nitrogens with zero attached hydrogens (tertiary/aromatic N) is 3. The van der Waals surface area contributed by atoms with Crippen LogP contribution < -0.4 is 38.8 Å². The molecule has 41 heavy (non-hydrogen) atoms. The second-order valence-electron chi connectivity index (χ2n) is 8.67. The Bertz CT molecular complexity index is 1320. The largest absolute Gasteiger partial charge is 0.399 e. The molecule has 220 valence electrons. The summed E-state index contributed by atoms with van der Waals surface area (Å²) in [6.07, 6.45) is 10.1. The van der Waals surface area contributed by atoms with Gasteiger partial charge in [0.05, 0.1) is 23.6 Å². The van der Waals surface area contributed by atoms with E-state index in [0.717, 1.165) is 49.2 Å². The molecule has 0 radical (unpaired) electrons. The van der Waals surface area contributed by atoms with Gasteiger partial charge < -0.3 is 32.9 Å². The van der Waals surface area contributed by atoms with Crippen LogP contribution in [0.3, 0.4) is 0 Å². The van der Waals surface area contributed by atoms with Crippen LogP contribution in [0.15, 0.2) is 53.8 Å². The minimum atomic E-state index is -0.269. The number of carbonyl (C=O) groups excluding carboxylic acids is 2. The summed E-state index contributed by atoms with van der Waals surface area (Å²) in [6.45, 7) is 4.84. The lowest BCUT2D eigenvalue weighted by atomic mass is 10.1. The van der Waals surface area contributed by atoms with Gasteiger partial charge in [0.2, 0.25) is 12.3 Å². The van der Waals surface area contributed by atoms with Crippen molar-refractivity contribution in [3.05, 3.63) is 65.1 Å². The Kier molecular flexibility index (Phi) is 13.7. The van der Waals surface area contributed by atoms with Crippen LogP contribution in [0.1, 0.15) is 57.0 Å². The first-order valence-corrected chi connectivity index (χ1v) is 13.6. The maximum absolute atomic E-state index is 12.9. The molecule has 2 aromatic carbocycles. The average Bonchev–Trinajstić information content (AvgIpc) is 3.44. The van der Waals surface area contributed by atoms with E-state index >= 15 is 0 Å². The first-order valence-electron chi connectivity index (χ1n) is 13.3. The van der Waals surface area contributed by atoms with Gasteiger partial charge in [-0.25, -0.2) is 10.8 Å². The molecule has 3 aromatic rings. The molecule has 1 aliphatic heterocycles. The van der Waals surface area contributed by atoms with Gasteiger partial charge in [0.25, 0.3) is 0 Å². The van der Waals surface area contributed by atoms with Crippen molar-refractivity contribution in [3.8, 4) is 11.3 Å². The van der Waals surface area contributed by atoms with E-state index < -0.39 is 0 Å². The number of amides is 2. The third-order valence-corrected chi connectivity index (χ3v) is 6.17. The van der Waals surface area contributed by atoms with Crippen molar-refractivity contribution in [1.29, 1.82) is 0 Å². The summed E-state index contributed by atoms with van der Waals surface area (Å²) in [4.78, 5) is 29.5. The summed E-state index contributed by atoms with van der Waals surface area (Å²) >= 11 is 6.15. The van der Waals surface area contributed by atoms with Gasteiger partial charge >= 0.3 is 0 Å². The summed E-state index contributed by atoms with van der Waals surface area (Å²) in [7, 11) is 0. The fourth-order valence-corrected chi connectivity index (χ4v) is 4.34. The van der Waals surface area contributed by atoms with Crippen LogP contribution in [0.5, 0.6) is 0 Å². The molecule has 0 unspecified atom stereocenters. The lowest BCUT2D eigenvalue weighted by Gasteiger charge is -2.18. The third-order valence-electron chi connectivity index (χ3n) is 5.93. The molecule has 13 heteroatoms. The quantitative estimate of drug-likeness (QED) is 0.0445. The highest BCUT2D eigenvalue weighted by atomic mass is 35.5. The Hall–Kier alpha value is -4.55. The fourth-order valence-electron chi connectivity index (χ4n) is 4.16. The van der Waals surface area contributed by atoms with Crippen LogP contribution in [0.25, 0.3) is 17.3 Å². The number of carbonyl (C=O) groups is 2. The van der Waals surface area contributed by atoms with E-state index in [1.54, 1.807) is 30.5 Å². The van der Waals surface area contributed by atoms with Crippen LogP contribution in [0, 0.1) is 0 Å². The van der Waals surface area contributed by atoms with Crippen LogP contribution in [-0.2, 0) is 9.59 Å². The van der Waals surface area contributed by atoms with Gasteiger partial charge in [0.15, 0.2) is 0 Å². The Morgan fingerprint density at radius 1 is 1.20 bits per heavy atom. The number of hydrazine groups is 1. The van der Waals surface area contributed by atoms with Crippen molar-refractivity contribution in [2.45, 2.75) is 45.6 Å². The molecule has 0 saturated heterocycles. The highest BCUT2D eigenvalue weighted by molar-refractivity contribution is 6.30. The third kappa shape index (κ3) is 9.85. The lowest BCUT2D eigenvalue weighted by molar-refractivity contribution is -0.117. The maximum atomic E-state index is 12.9. The standard InChI is InChI=1S/C25H30ClN9O.C2H6.CH3NO/c26-17-6-9-23(35(29)15-32-28)16(12-17)5-10-24(36)33-20-4-2-1-3-11-30-21-13-18(27)7-8-19(21)22-14-31-25(20)34-22;1-2;2-1-3/h5-10,12-15,20,30H,1-4,11,27-29H2,(H,31,34)(H,33,36);1-2H3;1H,(H2,2,3)/b10-5+,32-15-;;/t20-;;/m0../s1. The fraction of sp³-hybridized carbons (Fsp3) is 0.286. The molecule has 0 fully saturated rings. The molecule has 0 saturated carbocycles. The molecule has 1 atom stereocenters. The van der Waals surface area contributed by atoms with Crippen molar-refractivity contribution < 1.29 is 9.59 Å². The van der Waals surface area contributed by atoms with Gasteiger partial charge in [-0.05, 0) is 55.3 Å². The van der Waals surface area contributed by atoms with Crippen molar-refractivity contribution in [2.24, 2.45) is 22.5 Å². The number of anilines is 3. The van der Waals surface area contributed by atoms with Gasteiger partial charge in [-0.15, -0.1) is 0 Å². The van der Waals surface area contributed by atoms with Gasteiger partial charge in [0, 0.05) is 40.1 Å². The molecule has 2 bridgehead atoms. The number of nitrogen functional groups attached to an aromatic ring is 1. The van der Waals surface area contributed by atoms with Crippen LogP contribution in [0.4, 0.5) is 17.1 Å². The summed E-state index contributed by atoms with van der Waals surface area (Å²) in [5.74, 6) is 11.6. The second-order valence-corrected chi connectivity index (χ2v) is 9.11. The van der Waals surface area contributed by atoms with Gasteiger partial charge in [0.1, 0.15) is 12.2 Å². The molecule has 2 heterocycles. The molecule has 11 N–H and O–H groups in total. The highest BCUT2D eigenvalue weighted by Crippen LogP contribution is 2.31. The summed E-state index contributed by atoms with van der Waals surface area (Å²) in [6, 6.07) is 10.6. The molecular formula is C28H39ClN10O2. The first kappa shape index (κ1) is 32.7. The van der Waals surface area contributed by atoms with E-state index in [1.165, 1.54) is 17.4 Å². The molecule has 0 aliphatic carbocycles. The molecule has 1 aliphatic rings. The maximum Gasteiger partial charge on any atom is 0.244 e. The monoisotopic (exact) mass is 582 g/mol. The number of fused-ring (bicyclic) bond motifs is 4. The summed E-state index contributed by atoms with van der Waals surface area (Å²) in [5, 5.41) is 11.8. The second kappa shape index (κ2) is 17.2. The predicted molar refractivity (Wildman–Crippen MR) is 168 cm³/mol. The number of nitrogens with two attached hydrogens (primary N) is 4. The van der Waals surface area contributed by atoms with Crippen LogP contribution in [0.2, 0.25) is 5.02 Å². The smallest absolute Gasteiger partial charge is 0.244 e. The molecule has 12 nitrogen and oxygen atoms in total. The number of hydrogen-bond donors (Lipinski definition) is 7. The number of benzene rings is 2. The van der Waals surface area contributed by atoms with Crippen molar-refractivity contribution in [1.82, 2.24) is 15.3 Å². The number of primary amides is 1. The SMILES string of the molecule is CC.N/N=C\N(N)c1ccc(Cl)cc1/C=C/C(=O)N[C@H]1CCCCCNc2cc(N)ccc2-c2cnc1[nH]2.NC=O. The zero-order valence-electron chi connectivity index (χ0n) is 23.3. The Labute approximate surface area is 245 Å². The van der Waals surface area contributed by atoms with E-state index in [0.29, 0.717) is 27.8 Å². The summed E-state index contributed by atoms with van der Waals surface area (Å²) in [5.41, 5.74) is 14.9. The van der Waals surface area contributed by atoms with E-state index in [9.17, 15) is 4.79 Å². The van der Waals surface area contributed by atoms with E-state index in [-0.39, 0.29) is 18.4 Å². The zero-order chi connectivity index (χ0) is 30.2. The summed E-state index contributed by atoms with van der Waals surface area (Å²) < 4.78 is 0. The van der Waals surface area contributed by atoms with Gasteiger partial charge in [-0.1, -0.05) is 38.3 Å². The number of aromatic amines is 1. The number of hydrazone groups is 1. The van der Waals surface area contributed by atoms with Crippen molar-refractivity contribution in [2.75, 3.05) is 22.6 Å². The van der Waals surface area contributed by atoms with Crippen LogP contribution >= 0.6 is 11.6 Å². The Morgan fingerprint density at radius 2 is 1.95 bits per heavy atom. The lowest BCUT2D eigenvalue weighted by Crippen LogP contribution is -2.30. The van der Waals surface area contributed by atoms with Crippen molar-refractivity contribution in [3.63, 3.8) is 0 Å². The molecular weight excluding hydrogens is 544 g/mol. The number of rotatable bonds is 5. The molecule has 2 amide bonds. The van der Waals surface area contributed by atoms with E-state index in [1.807, 2.05) is 32.0 Å². The van der Waals surface area contributed by atoms with Crippen molar-refractivity contribution >= 4 is 53.4 Å². The molecule has 1 aromatic heterocycles. The molecule has 0 spiro atoms. The number of H-pyrrole nitrogens is 1. The van der Waals surface area contributed by atoms with Crippen LogP contribution in [-0.4, -0.2) is 35.2 Å². The Balaban J connectivity index is 0.00000110. The average molecular weight is 583 g/mol. The number of nitrogens with one attached hydrogen (secondary N) is 3. The number of hydrogen-bond acceptors (Lipinski definition) is 8. The minimum Gasteiger partial charge on any atom is -0.399 e. The number of aromatic nitrogens is 2. The van der Waals surface area contributed by atoms with Gasteiger partial charge in [-0.3, -0.25) is 14.6 Å². The number of imidazole rings is 1. The van der Waals surface area contributed by atoms with E-state index in [2.05, 4.69) is 31.4 Å². The highest BCUT2D eigenvalue weighted by Gasteiger charge is 2.19. The Morgan fingerprint density at radius 3 is 2.68 bits per heavy atom.